The molecule has 0 saturated carbocycles. The van der Waals surface area contributed by atoms with Crippen LogP contribution in [0.1, 0.15) is 42.4 Å². The van der Waals surface area contributed by atoms with Gasteiger partial charge in [0.2, 0.25) is 0 Å². The van der Waals surface area contributed by atoms with E-state index in [9.17, 15) is 15.2 Å². The largest absolute Gasteiger partial charge is 0.478 e. The maximum Gasteiger partial charge on any atom is 0.335 e. The van der Waals surface area contributed by atoms with Gasteiger partial charge < -0.3 is 10.8 Å². The zero-order chi connectivity index (χ0) is 25.3. The fourth-order valence-electron chi connectivity index (χ4n) is 3.73. The number of carbonyl (C=O) groups is 1. The molecular formula is C25H26N8O2. The van der Waals surface area contributed by atoms with Crippen molar-refractivity contribution in [2.75, 3.05) is 23.2 Å². The third kappa shape index (κ3) is 4.39. The number of nitrogens with zero attached hydrogens (tertiary/aromatic N) is 6. The Balaban J connectivity index is 1.77. The average molecular weight is 471 g/mol. The van der Waals surface area contributed by atoms with Crippen LogP contribution in [0, 0.1) is 11.3 Å². The number of rotatable bonds is 6. The summed E-state index contributed by atoms with van der Waals surface area (Å²) in [6.45, 7) is 6.14. The van der Waals surface area contributed by atoms with Crippen molar-refractivity contribution in [2.24, 2.45) is 0 Å². The van der Waals surface area contributed by atoms with Crippen LogP contribution in [0.2, 0.25) is 0 Å². The second-order valence-electron chi connectivity index (χ2n) is 9.03. The van der Waals surface area contributed by atoms with E-state index in [0.717, 1.165) is 11.4 Å². The first kappa shape index (κ1) is 23.4. The molecular weight excluding hydrogens is 444 g/mol. The average Bonchev–Trinajstić information content (AvgIpc) is 3.41. The number of carboxylic acids is 1. The number of nitrogen functional groups attached to an aromatic ring is 1. The fourth-order valence-corrected chi connectivity index (χ4v) is 3.73. The number of hydrogen-bond donors (Lipinski definition) is 3. The van der Waals surface area contributed by atoms with Gasteiger partial charge in [-0.15, -0.1) is 0 Å². The molecule has 178 valence electrons. The summed E-state index contributed by atoms with van der Waals surface area (Å²) in [6.07, 6.45) is 1.46. The van der Waals surface area contributed by atoms with Crippen LogP contribution < -0.4 is 16.2 Å². The smallest absolute Gasteiger partial charge is 0.335 e. The third-order valence-corrected chi connectivity index (χ3v) is 5.45. The van der Waals surface area contributed by atoms with Gasteiger partial charge in [0.15, 0.2) is 11.6 Å². The topological polar surface area (TPSA) is 138 Å². The van der Waals surface area contributed by atoms with Crippen molar-refractivity contribution in [3.05, 3.63) is 77.6 Å². The lowest BCUT2D eigenvalue weighted by atomic mass is 9.91. The zero-order valence-corrected chi connectivity index (χ0v) is 19.9. The van der Waals surface area contributed by atoms with Crippen molar-refractivity contribution < 1.29 is 9.90 Å². The summed E-state index contributed by atoms with van der Waals surface area (Å²) in [4.78, 5) is 11.2. The van der Waals surface area contributed by atoms with E-state index in [2.05, 4.69) is 16.6 Å². The molecule has 0 spiro atoms. The summed E-state index contributed by atoms with van der Waals surface area (Å²) in [5, 5.41) is 29.7. The highest BCUT2D eigenvalue weighted by molar-refractivity contribution is 5.87. The monoisotopic (exact) mass is 470 g/mol. The molecule has 0 unspecified atom stereocenters. The van der Waals surface area contributed by atoms with Crippen LogP contribution in [-0.2, 0) is 5.41 Å². The molecule has 35 heavy (non-hydrogen) atoms. The van der Waals surface area contributed by atoms with Gasteiger partial charge in [-0.2, -0.15) is 15.5 Å². The van der Waals surface area contributed by atoms with Gasteiger partial charge >= 0.3 is 5.97 Å². The Bertz CT molecular complexity index is 1410. The lowest BCUT2D eigenvalue weighted by Crippen LogP contribution is -2.30. The standard InChI is InChI=1S/C25H26N8O2/c1-25(2,3)21-20(22(27)32(30-21)18-8-6-5-7-9-18)29-31(4)23-17(14-26)15-28-33(23)19-12-10-16(11-13-19)24(34)35/h5-13,15,29H,27H2,1-4H3,(H,34,35). The molecule has 0 aliphatic rings. The number of nitrogens with two attached hydrogens (primary N) is 1. The van der Waals surface area contributed by atoms with Crippen molar-refractivity contribution in [1.82, 2.24) is 19.6 Å². The number of nitrogens with one attached hydrogen (secondary N) is 1. The number of benzene rings is 2. The Hall–Kier alpha value is -4.78. The number of nitriles is 1. The molecule has 0 aliphatic heterocycles. The molecule has 0 aliphatic carbocycles. The highest BCUT2D eigenvalue weighted by atomic mass is 16.4. The summed E-state index contributed by atoms with van der Waals surface area (Å²) in [7, 11) is 1.76. The van der Waals surface area contributed by atoms with Gasteiger partial charge in [-0.05, 0) is 36.4 Å². The number of aromatic carboxylic acids is 1. The van der Waals surface area contributed by atoms with Crippen LogP contribution in [0.4, 0.5) is 17.3 Å². The molecule has 4 rings (SSSR count). The third-order valence-electron chi connectivity index (χ3n) is 5.45. The minimum absolute atomic E-state index is 0.158. The Morgan fingerprint density at radius 2 is 1.71 bits per heavy atom. The van der Waals surface area contributed by atoms with Gasteiger partial charge in [0, 0.05) is 12.5 Å². The number of hydrazine groups is 1. The minimum Gasteiger partial charge on any atom is -0.478 e. The highest BCUT2D eigenvalue weighted by Crippen LogP contribution is 2.36. The van der Waals surface area contributed by atoms with Crippen LogP contribution in [0.15, 0.2) is 60.8 Å². The molecule has 2 aromatic heterocycles. The molecule has 4 aromatic rings. The number of anilines is 3. The number of carboxylic acid groups (broad SMARTS) is 1. The normalized spacial score (nSPS) is 11.2. The first-order valence-electron chi connectivity index (χ1n) is 10.9. The number of hydrogen-bond acceptors (Lipinski definition) is 7. The molecule has 0 radical (unpaired) electrons. The van der Waals surface area contributed by atoms with E-state index >= 15 is 0 Å². The van der Waals surface area contributed by atoms with Crippen molar-refractivity contribution >= 4 is 23.3 Å². The van der Waals surface area contributed by atoms with Crippen molar-refractivity contribution in [1.29, 1.82) is 5.26 Å². The molecule has 2 aromatic carbocycles. The second kappa shape index (κ2) is 8.87. The first-order valence-corrected chi connectivity index (χ1v) is 10.9. The van der Waals surface area contributed by atoms with E-state index in [0.29, 0.717) is 28.6 Å². The molecule has 2 heterocycles. The Labute approximate surface area is 202 Å². The maximum absolute atomic E-state index is 11.2. The quantitative estimate of drug-likeness (QED) is 0.360. The molecule has 0 atom stereocenters. The minimum atomic E-state index is -1.02. The maximum atomic E-state index is 11.2. The fraction of sp³-hybridized carbons (Fsp3) is 0.200. The van der Waals surface area contributed by atoms with E-state index in [1.807, 2.05) is 51.1 Å². The molecule has 0 fully saturated rings. The van der Waals surface area contributed by atoms with Gasteiger partial charge in [0.25, 0.3) is 0 Å². The van der Waals surface area contributed by atoms with Crippen LogP contribution in [-0.4, -0.2) is 37.7 Å². The lowest BCUT2D eigenvalue weighted by Gasteiger charge is -2.25. The molecule has 4 N–H and O–H groups in total. The summed E-state index contributed by atoms with van der Waals surface area (Å²) in [6, 6.07) is 18.0. The van der Waals surface area contributed by atoms with Crippen molar-refractivity contribution in [2.45, 2.75) is 26.2 Å². The molecule has 10 heteroatoms. The predicted octanol–water partition coefficient (Wildman–Crippen LogP) is 3.97. The molecule has 0 amide bonds. The summed E-state index contributed by atoms with van der Waals surface area (Å²) in [5.74, 6) is -0.139. The Morgan fingerprint density at radius 3 is 2.29 bits per heavy atom. The number of aromatic nitrogens is 4. The summed E-state index contributed by atoms with van der Waals surface area (Å²) >= 11 is 0. The molecule has 0 saturated heterocycles. The molecule has 10 nitrogen and oxygen atoms in total. The van der Waals surface area contributed by atoms with Crippen LogP contribution in [0.3, 0.4) is 0 Å². The Morgan fingerprint density at radius 1 is 1.09 bits per heavy atom. The van der Waals surface area contributed by atoms with Gasteiger partial charge in [-0.25, -0.2) is 14.2 Å². The van der Waals surface area contributed by atoms with E-state index in [-0.39, 0.29) is 11.0 Å². The van der Waals surface area contributed by atoms with Crippen molar-refractivity contribution in [3.63, 3.8) is 0 Å². The van der Waals surface area contributed by atoms with Gasteiger partial charge in [0.1, 0.15) is 17.3 Å². The lowest BCUT2D eigenvalue weighted by molar-refractivity contribution is 0.0697. The summed E-state index contributed by atoms with van der Waals surface area (Å²) in [5.41, 5.74) is 12.8. The first-order chi connectivity index (χ1) is 16.6. The van der Waals surface area contributed by atoms with E-state index < -0.39 is 5.97 Å². The van der Waals surface area contributed by atoms with Crippen LogP contribution in [0.5, 0.6) is 0 Å². The van der Waals surface area contributed by atoms with E-state index in [1.165, 1.54) is 18.3 Å². The summed E-state index contributed by atoms with van der Waals surface area (Å²) < 4.78 is 3.25. The van der Waals surface area contributed by atoms with Crippen LogP contribution in [0.25, 0.3) is 11.4 Å². The predicted molar refractivity (Wildman–Crippen MR) is 134 cm³/mol. The molecule has 0 bridgehead atoms. The van der Waals surface area contributed by atoms with Crippen LogP contribution >= 0.6 is 0 Å². The second-order valence-corrected chi connectivity index (χ2v) is 9.03. The Kier molecular flexibility index (Phi) is 5.93. The number of para-hydroxylation sites is 1. The van der Waals surface area contributed by atoms with E-state index in [4.69, 9.17) is 10.8 Å². The SMILES string of the molecule is CN(Nc1c(C(C)(C)C)nn(-c2ccccc2)c1N)c1c(C#N)cnn1-c1ccc(C(=O)O)cc1. The van der Waals surface area contributed by atoms with Gasteiger partial charge in [0.05, 0.1) is 28.8 Å². The highest BCUT2D eigenvalue weighted by Gasteiger charge is 2.28. The zero-order valence-electron chi connectivity index (χ0n) is 19.9. The van der Waals surface area contributed by atoms with E-state index in [1.54, 1.807) is 33.6 Å². The van der Waals surface area contributed by atoms with Crippen molar-refractivity contribution in [3.8, 4) is 17.4 Å². The van der Waals surface area contributed by atoms with Gasteiger partial charge in [-0.1, -0.05) is 39.0 Å². The van der Waals surface area contributed by atoms with Gasteiger partial charge in [-0.3, -0.25) is 10.4 Å².